The van der Waals surface area contributed by atoms with E-state index < -0.39 is 11.2 Å². The van der Waals surface area contributed by atoms with Gasteiger partial charge in [-0.15, -0.1) is 0 Å². The molecule has 0 spiro atoms. The Kier molecular flexibility index (Phi) is 8.20. The third kappa shape index (κ3) is 6.01. The first-order valence-corrected chi connectivity index (χ1v) is 10.2. The zero-order chi connectivity index (χ0) is 19.8. The molecule has 0 aliphatic heterocycles. The third-order valence-electron chi connectivity index (χ3n) is 4.37. The second-order valence-electron chi connectivity index (χ2n) is 6.10. The predicted molar refractivity (Wildman–Crippen MR) is 113 cm³/mol. The number of benzene rings is 2. The van der Waals surface area contributed by atoms with Crippen molar-refractivity contribution in [1.29, 1.82) is 0 Å². The van der Waals surface area contributed by atoms with Crippen molar-refractivity contribution in [2.24, 2.45) is 0 Å². The van der Waals surface area contributed by atoms with E-state index in [1.807, 2.05) is 62.4 Å². The van der Waals surface area contributed by atoms with Crippen molar-refractivity contribution in [3.63, 3.8) is 0 Å². The van der Waals surface area contributed by atoms with Crippen LogP contribution in [0.1, 0.15) is 25.8 Å². The fourth-order valence-corrected chi connectivity index (χ4v) is 3.99. The Bertz CT molecular complexity index is 775. The van der Waals surface area contributed by atoms with Gasteiger partial charge in [0.2, 0.25) is 0 Å². The number of aryl methyl sites for hydroxylation is 1. The van der Waals surface area contributed by atoms with Crippen LogP contribution in [0.15, 0.2) is 48.5 Å². The number of halogens is 1. The van der Waals surface area contributed by atoms with Gasteiger partial charge in [-0.3, -0.25) is 9.59 Å². The molecule has 0 aromatic heterocycles. The van der Waals surface area contributed by atoms with Gasteiger partial charge in [0, 0.05) is 23.7 Å². The Morgan fingerprint density at radius 1 is 1.07 bits per heavy atom. The number of amides is 1. The first-order valence-electron chi connectivity index (χ1n) is 8.98. The van der Waals surface area contributed by atoms with Crippen molar-refractivity contribution in [3.05, 3.63) is 59.1 Å². The summed E-state index contributed by atoms with van der Waals surface area (Å²) in [7, 11) is 0. The summed E-state index contributed by atoms with van der Waals surface area (Å²) in [6, 6.07) is 15.6. The molecule has 144 valence electrons. The van der Waals surface area contributed by atoms with Crippen molar-refractivity contribution in [3.8, 4) is 11.1 Å². The van der Waals surface area contributed by atoms with E-state index in [0.717, 1.165) is 28.5 Å². The Hall–Kier alpha value is -1.98. The Morgan fingerprint density at radius 3 is 2.26 bits per heavy atom. The van der Waals surface area contributed by atoms with Crippen molar-refractivity contribution in [2.75, 3.05) is 13.1 Å². The molecule has 1 atom stereocenters. The Balaban J connectivity index is 2.00. The zero-order valence-corrected chi connectivity index (χ0v) is 17.1. The first kappa shape index (κ1) is 21.3. The highest BCUT2D eigenvalue weighted by Gasteiger charge is 2.24. The van der Waals surface area contributed by atoms with E-state index in [1.54, 1.807) is 4.90 Å². The number of thioether (sulfide) groups is 1. The zero-order valence-electron chi connectivity index (χ0n) is 15.5. The highest BCUT2D eigenvalue weighted by molar-refractivity contribution is 8.14. The van der Waals surface area contributed by atoms with Gasteiger partial charge < -0.3 is 10.0 Å². The number of carbonyl (C=O) groups is 2. The second kappa shape index (κ2) is 10.4. The average molecular weight is 406 g/mol. The van der Waals surface area contributed by atoms with E-state index in [4.69, 9.17) is 11.6 Å². The molecule has 1 N–H and O–H groups in total. The summed E-state index contributed by atoms with van der Waals surface area (Å²) in [6.07, 6.45) is 0.997. The molecule has 1 amide bonds. The van der Waals surface area contributed by atoms with Gasteiger partial charge in [-0.25, -0.2) is 0 Å². The largest absolute Gasteiger partial charge is 0.480 e. The number of carboxylic acids is 1. The molecule has 0 heterocycles. The number of hydrogen-bond acceptors (Lipinski definition) is 3. The summed E-state index contributed by atoms with van der Waals surface area (Å²) >= 11 is 7.13. The van der Waals surface area contributed by atoms with E-state index in [-0.39, 0.29) is 5.24 Å². The van der Waals surface area contributed by atoms with Crippen LogP contribution in [-0.2, 0) is 11.2 Å². The SMILES string of the molecule is CCN(CC)C(=O)SC(CCc1ccc(-c2ccccc2Cl)cc1)C(=O)O. The fraction of sp³-hybridized carbons (Fsp3) is 0.333. The molecule has 27 heavy (non-hydrogen) atoms. The summed E-state index contributed by atoms with van der Waals surface area (Å²) in [5.74, 6) is -0.951. The van der Waals surface area contributed by atoms with Crippen LogP contribution in [-0.4, -0.2) is 39.6 Å². The summed E-state index contributed by atoms with van der Waals surface area (Å²) < 4.78 is 0. The molecular formula is C21H24ClNO3S. The van der Waals surface area contributed by atoms with Crippen LogP contribution in [0, 0.1) is 0 Å². The van der Waals surface area contributed by atoms with Gasteiger partial charge in [0.15, 0.2) is 0 Å². The molecule has 4 nitrogen and oxygen atoms in total. The van der Waals surface area contributed by atoms with Crippen LogP contribution in [0.5, 0.6) is 0 Å². The standard InChI is InChI=1S/C21H24ClNO3S/c1-3-23(4-2)21(26)27-19(20(24)25)14-11-15-9-12-16(13-10-15)17-7-5-6-8-18(17)22/h5-10,12-13,19H,3-4,11,14H2,1-2H3,(H,24,25). The van der Waals surface area contributed by atoms with E-state index in [9.17, 15) is 14.7 Å². The molecule has 0 fully saturated rings. The molecular weight excluding hydrogens is 382 g/mol. The van der Waals surface area contributed by atoms with Crippen molar-refractivity contribution in [2.45, 2.75) is 31.9 Å². The monoisotopic (exact) mass is 405 g/mol. The number of aliphatic carboxylic acids is 1. The summed E-state index contributed by atoms with van der Waals surface area (Å²) in [6.45, 7) is 4.94. The Labute approximate surface area is 169 Å². The lowest BCUT2D eigenvalue weighted by Crippen LogP contribution is -2.30. The molecule has 0 saturated heterocycles. The number of carboxylic acid groups (broad SMARTS) is 1. The van der Waals surface area contributed by atoms with E-state index in [0.29, 0.717) is 31.0 Å². The average Bonchev–Trinajstić information content (AvgIpc) is 2.67. The summed E-state index contributed by atoms with van der Waals surface area (Å²) in [5.41, 5.74) is 3.02. The maximum atomic E-state index is 12.2. The minimum Gasteiger partial charge on any atom is -0.480 e. The van der Waals surface area contributed by atoms with Crippen LogP contribution in [0.4, 0.5) is 4.79 Å². The van der Waals surface area contributed by atoms with Gasteiger partial charge >= 0.3 is 5.97 Å². The van der Waals surface area contributed by atoms with Crippen LogP contribution in [0.3, 0.4) is 0 Å². The van der Waals surface area contributed by atoms with E-state index in [1.165, 1.54) is 0 Å². The van der Waals surface area contributed by atoms with Gasteiger partial charge in [0.05, 0.1) is 0 Å². The highest BCUT2D eigenvalue weighted by atomic mass is 35.5. The number of hydrogen-bond donors (Lipinski definition) is 1. The number of nitrogens with zero attached hydrogens (tertiary/aromatic N) is 1. The van der Waals surface area contributed by atoms with Gasteiger partial charge in [0.1, 0.15) is 5.25 Å². The second-order valence-corrected chi connectivity index (χ2v) is 7.66. The maximum absolute atomic E-state index is 12.2. The molecule has 2 aromatic carbocycles. The van der Waals surface area contributed by atoms with E-state index >= 15 is 0 Å². The molecule has 1 unspecified atom stereocenters. The topological polar surface area (TPSA) is 57.6 Å². The molecule has 0 bridgehead atoms. The van der Waals surface area contributed by atoms with E-state index in [2.05, 4.69) is 0 Å². The lowest BCUT2D eigenvalue weighted by atomic mass is 10.0. The molecule has 0 saturated carbocycles. The molecule has 2 rings (SSSR count). The van der Waals surface area contributed by atoms with Crippen molar-refractivity contribution >= 4 is 34.6 Å². The van der Waals surface area contributed by atoms with Gasteiger partial charge in [-0.1, -0.05) is 54.1 Å². The Morgan fingerprint density at radius 2 is 1.70 bits per heavy atom. The molecule has 0 aliphatic carbocycles. The number of rotatable bonds is 8. The normalized spacial score (nSPS) is 11.8. The van der Waals surface area contributed by atoms with Crippen LogP contribution < -0.4 is 0 Å². The highest BCUT2D eigenvalue weighted by Crippen LogP contribution is 2.28. The van der Waals surface area contributed by atoms with Crippen molar-refractivity contribution < 1.29 is 14.7 Å². The summed E-state index contributed by atoms with van der Waals surface area (Å²) in [4.78, 5) is 25.3. The predicted octanol–water partition coefficient (Wildman–Crippen LogP) is 5.59. The number of carbonyl (C=O) groups excluding carboxylic acids is 1. The third-order valence-corrected chi connectivity index (χ3v) is 5.89. The lowest BCUT2D eigenvalue weighted by Gasteiger charge is -2.20. The molecule has 0 aliphatic rings. The maximum Gasteiger partial charge on any atom is 0.317 e. The van der Waals surface area contributed by atoms with Crippen LogP contribution >= 0.6 is 23.4 Å². The molecule has 0 radical (unpaired) electrons. The quantitative estimate of drug-likeness (QED) is 0.622. The van der Waals surface area contributed by atoms with Crippen LogP contribution in [0.2, 0.25) is 5.02 Å². The molecule has 6 heteroatoms. The first-order chi connectivity index (χ1) is 13.0. The van der Waals surface area contributed by atoms with Gasteiger partial charge in [-0.2, -0.15) is 0 Å². The fourth-order valence-electron chi connectivity index (χ4n) is 2.75. The minimum absolute atomic E-state index is 0.179. The minimum atomic E-state index is -0.951. The molecule has 2 aromatic rings. The lowest BCUT2D eigenvalue weighted by molar-refractivity contribution is -0.136. The summed E-state index contributed by atoms with van der Waals surface area (Å²) in [5, 5.41) is 9.21. The van der Waals surface area contributed by atoms with Gasteiger partial charge in [-0.05, 0) is 55.6 Å². The van der Waals surface area contributed by atoms with Gasteiger partial charge in [0.25, 0.3) is 5.24 Å². The smallest absolute Gasteiger partial charge is 0.317 e. The van der Waals surface area contributed by atoms with Crippen molar-refractivity contribution in [1.82, 2.24) is 4.90 Å². The van der Waals surface area contributed by atoms with Crippen LogP contribution in [0.25, 0.3) is 11.1 Å².